The van der Waals surface area contributed by atoms with Crippen LogP contribution in [0.1, 0.15) is 49.9 Å². The van der Waals surface area contributed by atoms with Gasteiger partial charge in [0.15, 0.2) is 0 Å². The molecule has 0 radical (unpaired) electrons. The van der Waals surface area contributed by atoms with Crippen LogP contribution in [0.2, 0.25) is 0 Å². The Labute approximate surface area is 395 Å². The molecule has 0 aliphatic heterocycles. The number of hydrogen-bond acceptors (Lipinski definition) is 1. The lowest BCUT2D eigenvalue weighted by molar-refractivity contribution is 0.660. The zero-order chi connectivity index (χ0) is 45.3. The summed E-state index contributed by atoms with van der Waals surface area (Å²) >= 11 is 0. The molecule has 1 nitrogen and oxygen atoms in total. The lowest BCUT2D eigenvalue weighted by Crippen LogP contribution is -2.16. The summed E-state index contributed by atoms with van der Waals surface area (Å²) in [5, 5.41) is 0. The second-order valence-electron chi connectivity index (χ2n) is 19.3. The molecule has 0 spiro atoms. The smallest absolute Gasteiger partial charge is 0.0540 e. The normalized spacial score (nSPS) is 13.6. The summed E-state index contributed by atoms with van der Waals surface area (Å²) in [5.74, 6) is 0. The van der Waals surface area contributed by atoms with Crippen LogP contribution >= 0.6 is 0 Å². The molecule has 320 valence electrons. The third-order valence-corrected chi connectivity index (χ3v) is 14.7. The monoisotopic (exact) mass is 857 g/mol. The summed E-state index contributed by atoms with van der Waals surface area (Å²) in [6.45, 7) is 9.48. The molecule has 0 heterocycles. The molecule has 0 atom stereocenters. The Kier molecular flexibility index (Phi) is 9.59. The van der Waals surface area contributed by atoms with E-state index >= 15 is 0 Å². The summed E-state index contributed by atoms with van der Waals surface area (Å²) in [5.41, 5.74) is 26.2. The topological polar surface area (TPSA) is 3.24 Å². The highest BCUT2D eigenvalue weighted by Crippen LogP contribution is 2.54. The zero-order valence-electron chi connectivity index (χ0n) is 38.5. The molecule has 0 bridgehead atoms. The summed E-state index contributed by atoms with van der Waals surface area (Å²) in [7, 11) is 0. The van der Waals surface area contributed by atoms with Crippen LogP contribution in [-0.4, -0.2) is 0 Å². The van der Waals surface area contributed by atoms with Crippen molar-refractivity contribution < 1.29 is 0 Å². The lowest BCUT2D eigenvalue weighted by Gasteiger charge is -2.29. The van der Waals surface area contributed by atoms with Crippen molar-refractivity contribution in [1.82, 2.24) is 0 Å². The number of hydrogen-bond donors (Lipinski definition) is 0. The zero-order valence-corrected chi connectivity index (χ0v) is 38.5. The Balaban J connectivity index is 0.957. The minimum Gasteiger partial charge on any atom is -0.310 e. The van der Waals surface area contributed by atoms with Crippen molar-refractivity contribution in [2.45, 2.75) is 38.5 Å². The van der Waals surface area contributed by atoms with Gasteiger partial charge in [-0.25, -0.2) is 0 Å². The van der Waals surface area contributed by atoms with E-state index in [0.717, 1.165) is 17.1 Å². The molecule has 1 heteroatoms. The molecule has 0 fully saturated rings. The van der Waals surface area contributed by atoms with E-state index in [0.29, 0.717) is 0 Å². The Bertz CT molecular complexity index is 3480. The van der Waals surface area contributed by atoms with E-state index in [1.54, 1.807) is 0 Å². The van der Waals surface area contributed by atoms with Gasteiger partial charge in [0.2, 0.25) is 0 Å². The van der Waals surface area contributed by atoms with Gasteiger partial charge < -0.3 is 4.90 Å². The summed E-state index contributed by atoms with van der Waals surface area (Å²) < 4.78 is 0. The molecule has 2 aliphatic rings. The van der Waals surface area contributed by atoms with E-state index in [4.69, 9.17) is 0 Å². The van der Waals surface area contributed by atoms with Crippen LogP contribution in [0.5, 0.6) is 0 Å². The minimum atomic E-state index is -0.118. The largest absolute Gasteiger partial charge is 0.310 e. The highest BCUT2D eigenvalue weighted by Gasteiger charge is 2.38. The summed E-state index contributed by atoms with van der Waals surface area (Å²) in [4.78, 5) is 2.43. The summed E-state index contributed by atoms with van der Waals surface area (Å²) in [6.07, 6.45) is 0. The van der Waals surface area contributed by atoms with Gasteiger partial charge in [0.1, 0.15) is 0 Å². The number of benzene rings is 10. The first kappa shape index (κ1) is 40.5. The van der Waals surface area contributed by atoms with Crippen molar-refractivity contribution >= 4 is 17.1 Å². The van der Waals surface area contributed by atoms with Crippen molar-refractivity contribution in [3.8, 4) is 77.9 Å². The SMILES string of the molecule is CC1(C)c2ccccc2-c2ccc(-c3ccccc3N(c3ccc(-c4ccc(-c5ccccc5)cc4)cc3)c3ccc(-c4ccccc4-c4cccc5c4C(C)(C)c4ccccc4-5)cc3)cc21. The molecular weight excluding hydrogens is 807 g/mol. The van der Waals surface area contributed by atoms with Gasteiger partial charge >= 0.3 is 0 Å². The second-order valence-corrected chi connectivity index (χ2v) is 19.3. The molecule has 0 saturated heterocycles. The third-order valence-electron chi connectivity index (χ3n) is 14.7. The van der Waals surface area contributed by atoms with E-state index in [-0.39, 0.29) is 10.8 Å². The van der Waals surface area contributed by atoms with Crippen LogP contribution in [0.15, 0.2) is 237 Å². The fourth-order valence-electron chi connectivity index (χ4n) is 11.3. The van der Waals surface area contributed by atoms with Gasteiger partial charge in [-0.2, -0.15) is 0 Å². The average Bonchev–Trinajstić information content (AvgIpc) is 3.76. The van der Waals surface area contributed by atoms with Gasteiger partial charge in [0, 0.05) is 27.8 Å². The van der Waals surface area contributed by atoms with Crippen molar-refractivity contribution in [2.75, 3.05) is 4.90 Å². The van der Waals surface area contributed by atoms with Gasteiger partial charge in [-0.1, -0.05) is 228 Å². The van der Waals surface area contributed by atoms with Crippen LogP contribution < -0.4 is 4.90 Å². The van der Waals surface area contributed by atoms with E-state index in [1.165, 1.54) is 100 Å². The van der Waals surface area contributed by atoms with Gasteiger partial charge in [0.25, 0.3) is 0 Å². The number of fused-ring (bicyclic) bond motifs is 6. The number of anilines is 3. The maximum atomic E-state index is 2.44. The summed E-state index contributed by atoms with van der Waals surface area (Å²) in [6, 6.07) is 87.4. The molecule has 0 amide bonds. The van der Waals surface area contributed by atoms with Gasteiger partial charge in [0.05, 0.1) is 5.69 Å². The van der Waals surface area contributed by atoms with Gasteiger partial charge in [-0.05, 0) is 131 Å². The van der Waals surface area contributed by atoms with Gasteiger partial charge in [-0.3, -0.25) is 0 Å². The minimum absolute atomic E-state index is 0.0998. The Morgan fingerprint density at radius 3 is 1.28 bits per heavy atom. The van der Waals surface area contributed by atoms with Crippen molar-refractivity contribution in [1.29, 1.82) is 0 Å². The Morgan fingerprint density at radius 1 is 0.254 bits per heavy atom. The molecule has 0 N–H and O–H groups in total. The van der Waals surface area contributed by atoms with E-state index in [2.05, 4.69) is 269 Å². The van der Waals surface area contributed by atoms with Crippen LogP contribution in [-0.2, 0) is 10.8 Å². The fraction of sp³-hybridized carbons (Fsp3) is 0.0909. The Hall–Kier alpha value is -8.00. The molecule has 0 aromatic heterocycles. The third kappa shape index (κ3) is 6.68. The standard InChI is InChI=1S/C66H51N/c1-65(2)60-26-13-10-22-55(60)57-42-37-49(43-62(57)65)53-20-12-15-28-63(53)67(50-38-33-47(34-39-50)46-31-29-45(30-32-46)44-17-6-5-7-18-44)51-40-35-48(36-41-51)52-19-8-9-21-54(52)58-24-16-25-59-56-23-11-14-27-61(56)66(3,4)64(58)59/h5-43H,1-4H3. The highest BCUT2D eigenvalue weighted by atomic mass is 15.1. The predicted octanol–water partition coefficient (Wildman–Crippen LogP) is 18.1. The molecule has 0 unspecified atom stereocenters. The van der Waals surface area contributed by atoms with Crippen LogP contribution in [0.25, 0.3) is 77.9 Å². The first-order chi connectivity index (χ1) is 32.8. The number of para-hydroxylation sites is 1. The highest BCUT2D eigenvalue weighted by molar-refractivity contribution is 5.95. The maximum Gasteiger partial charge on any atom is 0.0540 e. The second kappa shape index (κ2) is 15.9. The number of nitrogens with zero attached hydrogens (tertiary/aromatic N) is 1. The predicted molar refractivity (Wildman–Crippen MR) is 283 cm³/mol. The first-order valence-corrected chi connectivity index (χ1v) is 23.6. The first-order valence-electron chi connectivity index (χ1n) is 23.6. The van der Waals surface area contributed by atoms with Crippen LogP contribution in [0.3, 0.4) is 0 Å². The van der Waals surface area contributed by atoms with Crippen molar-refractivity contribution in [3.05, 3.63) is 259 Å². The molecular formula is C66H51N. The Morgan fingerprint density at radius 2 is 0.657 bits per heavy atom. The van der Waals surface area contributed by atoms with E-state index in [9.17, 15) is 0 Å². The van der Waals surface area contributed by atoms with Crippen molar-refractivity contribution in [3.63, 3.8) is 0 Å². The van der Waals surface area contributed by atoms with Crippen LogP contribution in [0, 0.1) is 0 Å². The molecule has 0 saturated carbocycles. The quantitative estimate of drug-likeness (QED) is 0.147. The van der Waals surface area contributed by atoms with E-state index < -0.39 is 0 Å². The molecule has 2 aliphatic carbocycles. The van der Waals surface area contributed by atoms with E-state index in [1.807, 2.05) is 0 Å². The van der Waals surface area contributed by atoms with Crippen molar-refractivity contribution in [2.24, 2.45) is 0 Å². The average molecular weight is 858 g/mol. The maximum absolute atomic E-state index is 2.44. The number of rotatable bonds is 8. The van der Waals surface area contributed by atoms with Crippen LogP contribution in [0.4, 0.5) is 17.1 Å². The fourth-order valence-corrected chi connectivity index (χ4v) is 11.3. The molecule has 10 aromatic carbocycles. The lowest BCUT2D eigenvalue weighted by atomic mass is 9.78. The van der Waals surface area contributed by atoms with Gasteiger partial charge in [-0.15, -0.1) is 0 Å². The molecule has 10 aromatic rings. The molecule has 12 rings (SSSR count). The molecule has 67 heavy (non-hydrogen) atoms.